The molecule has 2 aromatic heterocycles. The van der Waals surface area contributed by atoms with Crippen molar-refractivity contribution in [1.29, 1.82) is 0 Å². The van der Waals surface area contributed by atoms with Gasteiger partial charge in [-0.1, -0.05) is 23.7 Å². The Hall–Kier alpha value is -2.99. The van der Waals surface area contributed by atoms with Gasteiger partial charge in [0.05, 0.1) is 25.2 Å². The first kappa shape index (κ1) is 17.4. The Labute approximate surface area is 161 Å². The lowest BCUT2D eigenvalue weighted by Gasteiger charge is -2.29. The van der Waals surface area contributed by atoms with Crippen molar-refractivity contribution in [3.63, 3.8) is 0 Å². The molecule has 0 bridgehead atoms. The highest BCUT2D eigenvalue weighted by Crippen LogP contribution is 2.28. The normalized spacial score (nSPS) is 13.4. The van der Waals surface area contributed by atoms with Crippen LogP contribution in [0.15, 0.2) is 48.9 Å². The molecule has 0 aliphatic carbocycles. The Bertz CT molecular complexity index is 992. The van der Waals surface area contributed by atoms with Gasteiger partial charge in [0.15, 0.2) is 0 Å². The average Bonchev–Trinajstić information content (AvgIpc) is 2.70. The molecule has 6 nitrogen and oxygen atoms in total. The van der Waals surface area contributed by atoms with Crippen LogP contribution in [0, 0.1) is 0 Å². The van der Waals surface area contributed by atoms with Crippen molar-refractivity contribution in [2.75, 3.05) is 13.7 Å². The lowest BCUT2D eigenvalue weighted by Crippen LogP contribution is -2.37. The van der Waals surface area contributed by atoms with E-state index in [1.165, 1.54) is 6.20 Å². The number of hydrogen-bond acceptors (Lipinski definition) is 5. The SMILES string of the molecule is COc1ccc(CN2CCc3c(ccnc3-c3cncc(Cl)n3)C2=O)cc1. The van der Waals surface area contributed by atoms with Crippen molar-refractivity contribution >= 4 is 17.5 Å². The smallest absolute Gasteiger partial charge is 0.254 e. The Morgan fingerprint density at radius 1 is 1.19 bits per heavy atom. The lowest BCUT2D eigenvalue weighted by atomic mass is 9.96. The van der Waals surface area contributed by atoms with Gasteiger partial charge in [-0.25, -0.2) is 4.98 Å². The van der Waals surface area contributed by atoms with E-state index in [0.29, 0.717) is 41.6 Å². The highest BCUT2D eigenvalue weighted by atomic mass is 35.5. The molecule has 7 heteroatoms. The molecule has 27 heavy (non-hydrogen) atoms. The van der Waals surface area contributed by atoms with Gasteiger partial charge in [0, 0.05) is 24.8 Å². The van der Waals surface area contributed by atoms with Gasteiger partial charge < -0.3 is 9.64 Å². The molecule has 136 valence electrons. The minimum atomic E-state index is -0.00861. The molecule has 4 rings (SSSR count). The summed E-state index contributed by atoms with van der Waals surface area (Å²) in [6.07, 6.45) is 5.42. The molecule has 0 saturated heterocycles. The van der Waals surface area contributed by atoms with E-state index in [9.17, 15) is 4.79 Å². The van der Waals surface area contributed by atoms with Crippen LogP contribution >= 0.6 is 11.6 Å². The number of nitrogens with zero attached hydrogens (tertiary/aromatic N) is 4. The molecular weight excluding hydrogens is 364 g/mol. The highest BCUT2D eigenvalue weighted by molar-refractivity contribution is 6.29. The molecule has 0 radical (unpaired) electrons. The molecule has 1 aliphatic rings. The second-order valence-electron chi connectivity index (χ2n) is 6.24. The van der Waals surface area contributed by atoms with Gasteiger partial charge in [-0.2, -0.15) is 0 Å². The first-order chi connectivity index (χ1) is 13.2. The van der Waals surface area contributed by atoms with Crippen molar-refractivity contribution in [3.05, 3.63) is 70.8 Å². The minimum absolute atomic E-state index is 0.00861. The third-order valence-corrected chi connectivity index (χ3v) is 4.77. The largest absolute Gasteiger partial charge is 0.497 e. The van der Waals surface area contributed by atoms with Gasteiger partial charge in [-0.15, -0.1) is 0 Å². The van der Waals surface area contributed by atoms with Crippen molar-refractivity contribution in [3.8, 4) is 17.1 Å². The van der Waals surface area contributed by atoms with Crippen LogP contribution in [0.2, 0.25) is 5.15 Å². The molecule has 1 aliphatic heterocycles. The molecule has 1 amide bonds. The van der Waals surface area contributed by atoms with Gasteiger partial charge in [-0.05, 0) is 35.7 Å². The summed E-state index contributed by atoms with van der Waals surface area (Å²) in [7, 11) is 1.63. The van der Waals surface area contributed by atoms with E-state index in [0.717, 1.165) is 16.9 Å². The number of amides is 1. The highest BCUT2D eigenvalue weighted by Gasteiger charge is 2.27. The van der Waals surface area contributed by atoms with Gasteiger partial charge in [0.2, 0.25) is 0 Å². The molecule has 0 saturated carbocycles. The van der Waals surface area contributed by atoms with Crippen molar-refractivity contribution in [1.82, 2.24) is 19.9 Å². The predicted molar refractivity (Wildman–Crippen MR) is 102 cm³/mol. The fourth-order valence-electron chi connectivity index (χ4n) is 3.24. The molecule has 3 heterocycles. The maximum absolute atomic E-state index is 13.0. The number of hydrogen-bond donors (Lipinski definition) is 0. The molecular formula is C20H17ClN4O2. The Morgan fingerprint density at radius 2 is 2.00 bits per heavy atom. The quantitative estimate of drug-likeness (QED) is 0.694. The van der Waals surface area contributed by atoms with Crippen LogP contribution in [-0.2, 0) is 13.0 Å². The summed E-state index contributed by atoms with van der Waals surface area (Å²) in [5.74, 6) is 0.790. The Kier molecular flexibility index (Phi) is 4.73. The third kappa shape index (κ3) is 3.48. The van der Waals surface area contributed by atoms with E-state index in [1.54, 1.807) is 25.6 Å². The van der Waals surface area contributed by atoms with Crippen LogP contribution in [0.4, 0.5) is 0 Å². The van der Waals surface area contributed by atoms with Gasteiger partial charge in [0.25, 0.3) is 5.91 Å². The number of aromatic nitrogens is 3. The number of carbonyl (C=O) groups is 1. The Morgan fingerprint density at radius 3 is 2.74 bits per heavy atom. The molecule has 0 atom stereocenters. The summed E-state index contributed by atoms with van der Waals surface area (Å²) in [6, 6.07) is 9.51. The molecule has 0 fully saturated rings. The maximum atomic E-state index is 13.0. The lowest BCUT2D eigenvalue weighted by molar-refractivity contribution is 0.0727. The number of ether oxygens (including phenoxy) is 1. The van der Waals surface area contributed by atoms with E-state index in [1.807, 2.05) is 29.2 Å². The van der Waals surface area contributed by atoms with Crippen LogP contribution in [-0.4, -0.2) is 39.4 Å². The van der Waals surface area contributed by atoms with Gasteiger partial charge in [0.1, 0.15) is 16.6 Å². The number of carbonyl (C=O) groups excluding carboxylic acids is 1. The van der Waals surface area contributed by atoms with Crippen LogP contribution < -0.4 is 4.74 Å². The minimum Gasteiger partial charge on any atom is -0.497 e. The summed E-state index contributed by atoms with van der Waals surface area (Å²) in [5.41, 5.74) is 3.85. The average molecular weight is 381 g/mol. The molecule has 0 unspecified atom stereocenters. The van der Waals surface area contributed by atoms with Crippen LogP contribution in [0.3, 0.4) is 0 Å². The van der Waals surface area contributed by atoms with Crippen LogP contribution in [0.1, 0.15) is 21.5 Å². The maximum Gasteiger partial charge on any atom is 0.254 e. The number of halogens is 1. The summed E-state index contributed by atoms with van der Waals surface area (Å²) >= 11 is 5.96. The summed E-state index contributed by atoms with van der Waals surface area (Å²) in [4.78, 5) is 27.6. The number of fused-ring (bicyclic) bond motifs is 1. The summed E-state index contributed by atoms with van der Waals surface area (Å²) < 4.78 is 5.18. The standard InChI is InChI=1S/C20H17ClN4O2/c1-27-14-4-2-13(3-5-14)12-25-9-7-15-16(20(25)26)6-8-23-19(15)17-10-22-11-18(21)24-17/h2-6,8,10-11H,7,9,12H2,1H3. The molecule has 0 spiro atoms. The monoisotopic (exact) mass is 380 g/mol. The van der Waals surface area contributed by atoms with Gasteiger partial charge in [-0.3, -0.25) is 14.8 Å². The molecule has 0 N–H and O–H groups in total. The van der Waals surface area contributed by atoms with E-state index < -0.39 is 0 Å². The fourth-order valence-corrected chi connectivity index (χ4v) is 3.39. The molecule has 1 aromatic carbocycles. The van der Waals surface area contributed by atoms with Crippen molar-refractivity contribution in [2.24, 2.45) is 0 Å². The number of methoxy groups -OCH3 is 1. The zero-order valence-electron chi connectivity index (χ0n) is 14.7. The fraction of sp³-hybridized carbons (Fsp3) is 0.200. The Balaban J connectivity index is 1.62. The second kappa shape index (κ2) is 7.32. The van der Waals surface area contributed by atoms with E-state index >= 15 is 0 Å². The van der Waals surface area contributed by atoms with Crippen LogP contribution in [0.5, 0.6) is 5.75 Å². The topological polar surface area (TPSA) is 68.2 Å². The predicted octanol–water partition coefficient (Wildman–Crippen LogP) is 3.40. The number of pyridine rings is 1. The van der Waals surface area contributed by atoms with Gasteiger partial charge >= 0.3 is 0 Å². The first-order valence-electron chi connectivity index (χ1n) is 8.53. The van der Waals surface area contributed by atoms with Crippen molar-refractivity contribution < 1.29 is 9.53 Å². The van der Waals surface area contributed by atoms with E-state index in [-0.39, 0.29) is 5.91 Å². The zero-order chi connectivity index (χ0) is 18.8. The number of rotatable bonds is 4. The van der Waals surface area contributed by atoms with Crippen molar-refractivity contribution in [2.45, 2.75) is 13.0 Å². The summed E-state index contributed by atoms with van der Waals surface area (Å²) in [6.45, 7) is 1.17. The van der Waals surface area contributed by atoms with E-state index in [4.69, 9.17) is 16.3 Å². The third-order valence-electron chi connectivity index (χ3n) is 4.59. The molecule has 3 aromatic rings. The first-order valence-corrected chi connectivity index (χ1v) is 8.91. The second-order valence-corrected chi connectivity index (χ2v) is 6.62. The number of benzene rings is 1. The zero-order valence-corrected chi connectivity index (χ0v) is 15.5. The summed E-state index contributed by atoms with van der Waals surface area (Å²) in [5, 5.41) is 0.301. The van der Waals surface area contributed by atoms with Crippen LogP contribution in [0.25, 0.3) is 11.4 Å². The van der Waals surface area contributed by atoms with E-state index in [2.05, 4.69) is 15.0 Å².